The van der Waals surface area contributed by atoms with Gasteiger partial charge >= 0.3 is 12.3 Å². The molecule has 0 saturated heterocycles. The average Bonchev–Trinajstić information content (AvgIpc) is 2.25. The number of carbonyl (C=O) groups is 2. The van der Waals surface area contributed by atoms with Gasteiger partial charge in [-0.05, 0) is 24.6 Å². The van der Waals surface area contributed by atoms with E-state index in [9.17, 15) is 22.8 Å². The zero-order valence-corrected chi connectivity index (χ0v) is 9.99. The normalized spacial score (nSPS) is 10.9. The van der Waals surface area contributed by atoms with E-state index in [1.54, 1.807) is 0 Å². The van der Waals surface area contributed by atoms with E-state index in [4.69, 9.17) is 4.74 Å². The van der Waals surface area contributed by atoms with Crippen molar-refractivity contribution >= 4 is 11.8 Å². The van der Waals surface area contributed by atoms with E-state index in [2.05, 4.69) is 4.74 Å². The molecular formula is C12H11F3O4. The predicted molar refractivity (Wildman–Crippen MR) is 58.2 cm³/mol. The lowest BCUT2D eigenvalue weighted by atomic mass is 10.2. The Morgan fingerprint density at radius 2 is 1.74 bits per heavy atom. The Morgan fingerprint density at radius 1 is 1.16 bits per heavy atom. The van der Waals surface area contributed by atoms with Gasteiger partial charge in [-0.3, -0.25) is 9.59 Å². The Morgan fingerprint density at radius 3 is 2.21 bits per heavy atom. The summed E-state index contributed by atoms with van der Waals surface area (Å²) in [6.07, 6.45) is -5.06. The van der Waals surface area contributed by atoms with E-state index < -0.39 is 12.3 Å². The molecule has 0 aliphatic rings. The largest absolute Gasteiger partial charge is 0.573 e. The lowest BCUT2D eigenvalue weighted by Gasteiger charge is -2.09. The van der Waals surface area contributed by atoms with E-state index >= 15 is 0 Å². The minimum Gasteiger partial charge on any atom is -0.460 e. The molecule has 0 radical (unpaired) electrons. The minimum atomic E-state index is -4.74. The van der Waals surface area contributed by atoms with Crippen molar-refractivity contribution in [2.24, 2.45) is 0 Å². The lowest BCUT2D eigenvalue weighted by Crippen LogP contribution is -2.17. The summed E-state index contributed by atoms with van der Waals surface area (Å²) in [5.74, 6) is -1.35. The van der Waals surface area contributed by atoms with E-state index in [1.165, 1.54) is 19.1 Å². The highest BCUT2D eigenvalue weighted by Crippen LogP contribution is 2.22. The molecule has 0 aromatic heterocycles. The fraction of sp³-hybridized carbons (Fsp3) is 0.333. The molecule has 0 aliphatic carbocycles. The minimum absolute atomic E-state index is 0.113. The number of ether oxygens (including phenoxy) is 2. The van der Waals surface area contributed by atoms with Gasteiger partial charge in [0.25, 0.3) is 0 Å². The number of alkyl halides is 3. The molecule has 1 rings (SSSR count). The van der Waals surface area contributed by atoms with Crippen LogP contribution in [0.15, 0.2) is 24.3 Å². The third kappa shape index (κ3) is 6.44. The van der Waals surface area contributed by atoms with Crippen LogP contribution in [0.1, 0.15) is 18.9 Å². The Kier molecular flexibility index (Phi) is 4.91. The highest BCUT2D eigenvalue weighted by molar-refractivity contribution is 5.94. The summed E-state index contributed by atoms with van der Waals surface area (Å²) in [4.78, 5) is 21.7. The molecule has 0 amide bonds. The summed E-state index contributed by atoms with van der Waals surface area (Å²) >= 11 is 0. The third-order valence-electron chi connectivity index (χ3n) is 1.95. The van der Waals surface area contributed by atoms with Crippen molar-refractivity contribution in [2.75, 3.05) is 0 Å². The van der Waals surface area contributed by atoms with Crippen molar-refractivity contribution in [3.63, 3.8) is 0 Å². The molecule has 0 aliphatic heterocycles. The van der Waals surface area contributed by atoms with Crippen LogP contribution >= 0.6 is 0 Å². The van der Waals surface area contributed by atoms with Crippen LogP contribution in [0.25, 0.3) is 0 Å². The van der Waals surface area contributed by atoms with Gasteiger partial charge in [0, 0.05) is 0 Å². The molecule has 104 valence electrons. The fourth-order valence-electron chi connectivity index (χ4n) is 1.21. The summed E-state index contributed by atoms with van der Waals surface area (Å²) in [5, 5.41) is 0. The highest BCUT2D eigenvalue weighted by Gasteiger charge is 2.30. The summed E-state index contributed by atoms with van der Waals surface area (Å²) in [7, 11) is 0. The van der Waals surface area contributed by atoms with Gasteiger partial charge in [-0.1, -0.05) is 12.1 Å². The summed E-state index contributed by atoms with van der Waals surface area (Å²) in [5.41, 5.74) is 0.492. The number of Topliss-reactive ketones (excluding diaryl/α,β-unsaturated/α-hetero) is 1. The molecule has 0 bridgehead atoms. The Hall–Kier alpha value is -2.05. The lowest BCUT2D eigenvalue weighted by molar-refractivity contribution is -0.274. The molecule has 0 fully saturated rings. The van der Waals surface area contributed by atoms with E-state index in [0.717, 1.165) is 12.1 Å². The second-order valence-corrected chi connectivity index (χ2v) is 3.73. The summed E-state index contributed by atoms with van der Waals surface area (Å²) in [6, 6.07) is 4.90. The topological polar surface area (TPSA) is 52.6 Å². The van der Waals surface area contributed by atoms with Crippen LogP contribution < -0.4 is 4.74 Å². The molecule has 0 spiro atoms. The van der Waals surface area contributed by atoms with Gasteiger partial charge in [0.15, 0.2) is 0 Å². The van der Waals surface area contributed by atoms with Gasteiger partial charge in [-0.25, -0.2) is 0 Å². The molecule has 0 N–H and O–H groups in total. The monoisotopic (exact) mass is 276 g/mol. The number of carbonyl (C=O) groups excluding carboxylic acids is 2. The first kappa shape index (κ1) is 15.0. The van der Waals surface area contributed by atoms with Crippen LogP contribution in [0.5, 0.6) is 5.75 Å². The molecule has 0 unspecified atom stereocenters. The van der Waals surface area contributed by atoms with Gasteiger partial charge in [-0.2, -0.15) is 0 Å². The summed E-state index contributed by atoms with van der Waals surface area (Å²) < 4.78 is 44.1. The second-order valence-electron chi connectivity index (χ2n) is 3.73. The second kappa shape index (κ2) is 6.21. The van der Waals surface area contributed by atoms with Gasteiger partial charge in [0.05, 0.1) is 0 Å². The maximum atomic E-state index is 11.9. The number of benzene rings is 1. The molecule has 0 heterocycles. The fourth-order valence-corrected chi connectivity index (χ4v) is 1.21. The van der Waals surface area contributed by atoms with Crippen LogP contribution in [0, 0.1) is 0 Å². The van der Waals surface area contributed by atoms with Crippen LogP contribution in [-0.2, 0) is 20.9 Å². The molecule has 0 saturated carbocycles. The predicted octanol–water partition coefficient (Wildman–Crippen LogP) is 2.61. The molecule has 1 aromatic carbocycles. The smallest absolute Gasteiger partial charge is 0.460 e. The van der Waals surface area contributed by atoms with Crippen molar-refractivity contribution in [1.82, 2.24) is 0 Å². The number of hydrogen-bond donors (Lipinski definition) is 0. The molecule has 0 atom stereocenters. The van der Waals surface area contributed by atoms with Gasteiger partial charge in [-0.15, -0.1) is 13.2 Å². The molecule has 4 nitrogen and oxygen atoms in total. The maximum absolute atomic E-state index is 11.9. The van der Waals surface area contributed by atoms with Crippen molar-refractivity contribution in [3.05, 3.63) is 29.8 Å². The van der Waals surface area contributed by atoms with Gasteiger partial charge in [0.2, 0.25) is 0 Å². The van der Waals surface area contributed by atoms with Crippen LogP contribution in [-0.4, -0.2) is 18.1 Å². The van der Waals surface area contributed by atoms with Gasteiger partial charge in [0.1, 0.15) is 24.6 Å². The van der Waals surface area contributed by atoms with E-state index in [0.29, 0.717) is 5.56 Å². The Balaban J connectivity index is 2.49. The number of rotatable bonds is 5. The average molecular weight is 276 g/mol. The zero-order chi connectivity index (χ0) is 14.5. The first-order valence-corrected chi connectivity index (χ1v) is 5.26. The van der Waals surface area contributed by atoms with Crippen LogP contribution in [0.4, 0.5) is 13.2 Å². The standard InChI is InChI=1S/C12H11F3O4/c1-8(16)6-11(17)18-7-9-2-4-10(5-3-9)19-12(13,14)15/h2-5H,6-7H2,1H3. The van der Waals surface area contributed by atoms with Crippen LogP contribution in [0.3, 0.4) is 0 Å². The van der Waals surface area contributed by atoms with Crippen molar-refractivity contribution in [1.29, 1.82) is 0 Å². The number of hydrogen-bond acceptors (Lipinski definition) is 4. The quantitative estimate of drug-likeness (QED) is 0.612. The van der Waals surface area contributed by atoms with Crippen molar-refractivity contribution in [2.45, 2.75) is 26.3 Å². The summed E-state index contributed by atoms with van der Waals surface area (Å²) in [6.45, 7) is 1.14. The zero-order valence-electron chi connectivity index (χ0n) is 9.99. The molecule has 7 heteroatoms. The maximum Gasteiger partial charge on any atom is 0.573 e. The van der Waals surface area contributed by atoms with Crippen LogP contribution in [0.2, 0.25) is 0 Å². The third-order valence-corrected chi connectivity index (χ3v) is 1.95. The Labute approximate surface area is 107 Å². The van der Waals surface area contributed by atoms with Crippen molar-refractivity contribution < 1.29 is 32.2 Å². The number of ketones is 1. The molecule has 19 heavy (non-hydrogen) atoms. The molecular weight excluding hydrogens is 265 g/mol. The number of halogens is 3. The SMILES string of the molecule is CC(=O)CC(=O)OCc1ccc(OC(F)(F)F)cc1. The molecule has 1 aromatic rings. The van der Waals surface area contributed by atoms with E-state index in [1.807, 2.05) is 0 Å². The van der Waals surface area contributed by atoms with Crippen molar-refractivity contribution in [3.8, 4) is 5.75 Å². The Bertz CT molecular complexity index is 451. The first-order valence-electron chi connectivity index (χ1n) is 5.26. The number of esters is 1. The van der Waals surface area contributed by atoms with E-state index in [-0.39, 0.29) is 24.6 Å². The van der Waals surface area contributed by atoms with Gasteiger partial charge < -0.3 is 9.47 Å². The highest BCUT2D eigenvalue weighted by atomic mass is 19.4. The first-order chi connectivity index (χ1) is 8.76.